The van der Waals surface area contributed by atoms with Crippen LogP contribution in [0, 0.1) is 0 Å². The van der Waals surface area contributed by atoms with Crippen molar-refractivity contribution in [1.82, 2.24) is 19.5 Å². The Hall–Kier alpha value is -2.64. The molecule has 4 heterocycles. The fourth-order valence-electron chi connectivity index (χ4n) is 3.68. The van der Waals surface area contributed by atoms with Gasteiger partial charge in [-0.15, -0.1) is 0 Å². The van der Waals surface area contributed by atoms with Crippen LogP contribution in [-0.2, 0) is 32.7 Å². The summed E-state index contributed by atoms with van der Waals surface area (Å²) in [4.78, 5) is 57.2. The number of H-pyrrole nitrogens is 1. The first-order chi connectivity index (χ1) is 15.7. The summed E-state index contributed by atoms with van der Waals surface area (Å²) < 4.78 is 34.8. The normalized spacial score (nSPS) is 29.1. The summed E-state index contributed by atoms with van der Waals surface area (Å²) in [6.45, 7) is 3.37. The van der Waals surface area contributed by atoms with E-state index in [2.05, 4.69) is 20.3 Å². The van der Waals surface area contributed by atoms with Crippen LogP contribution in [0.4, 0.5) is 5.95 Å². The van der Waals surface area contributed by atoms with E-state index in [0.717, 1.165) is 0 Å². The Morgan fingerprint density at radius 3 is 2.85 bits per heavy atom. The number of carbonyl (C=O) groups is 2. The van der Waals surface area contributed by atoms with E-state index >= 15 is 0 Å². The fraction of sp³-hybridized carbons (Fsp3) is 0.611. The Labute approximate surface area is 187 Å². The molecule has 0 saturated carbocycles. The van der Waals surface area contributed by atoms with Crippen molar-refractivity contribution in [3.05, 3.63) is 16.7 Å². The number of anilines is 1. The van der Waals surface area contributed by atoms with Crippen molar-refractivity contribution in [2.24, 2.45) is 0 Å². The zero-order valence-electron chi connectivity index (χ0n) is 17.9. The summed E-state index contributed by atoms with van der Waals surface area (Å²) in [5.41, 5.74) is -0.579. The average Bonchev–Trinajstić information content (AvgIpc) is 3.29. The van der Waals surface area contributed by atoms with Crippen molar-refractivity contribution in [1.29, 1.82) is 0 Å². The predicted octanol–water partition coefficient (Wildman–Crippen LogP) is 0.983. The smallest absolute Gasteiger partial charge is 0.455 e. The van der Waals surface area contributed by atoms with E-state index in [1.807, 2.05) is 6.92 Å². The topological polar surface area (TPSA) is 184 Å². The van der Waals surface area contributed by atoms with E-state index in [1.165, 1.54) is 10.9 Å². The fourth-order valence-corrected chi connectivity index (χ4v) is 4.64. The number of aromatic amines is 1. The summed E-state index contributed by atoms with van der Waals surface area (Å²) in [5.74, 6) is -0.964. The molecule has 33 heavy (non-hydrogen) atoms. The van der Waals surface area contributed by atoms with Gasteiger partial charge in [-0.3, -0.25) is 38.3 Å². The van der Waals surface area contributed by atoms with Gasteiger partial charge in [0, 0.05) is 12.8 Å². The van der Waals surface area contributed by atoms with Gasteiger partial charge in [-0.1, -0.05) is 13.8 Å². The Bertz CT molecular complexity index is 1160. The number of hydrogen-bond donors (Lipinski definition) is 3. The van der Waals surface area contributed by atoms with Crippen LogP contribution in [0.15, 0.2) is 11.1 Å². The second kappa shape index (κ2) is 9.31. The zero-order chi connectivity index (χ0) is 23.8. The van der Waals surface area contributed by atoms with Crippen LogP contribution in [0.5, 0.6) is 0 Å². The Kier molecular flexibility index (Phi) is 6.64. The van der Waals surface area contributed by atoms with Gasteiger partial charge in [0.15, 0.2) is 23.5 Å². The van der Waals surface area contributed by atoms with Gasteiger partial charge in [-0.25, -0.2) is 9.55 Å². The van der Waals surface area contributed by atoms with Crippen LogP contribution in [0.25, 0.3) is 11.2 Å². The lowest BCUT2D eigenvalue weighted by Crippen LogP contribution is -2.41. The molecule has 14 nitrogen and oxygen atoms in total. The summed E-state index contributed by atoms with van der Waals surface area (Å²) in [6.07, 6.45) is -1.39. The van der Waals surface area contributed by atoms with E-state index in [9.17, 15) is 23.8 Å². The third-order valence-corrected chi connectivity index (χ3v) is 6.09. The van der Waals surface area contributed by atoms with Crippen molar-refractivity contribution < 1.29 is 37.6 Å². The molecular weight excluding hydrogens is 461 g/mol. The predicted molar refractivity (Wildman–Crippen MR) is 111 cm³/mol. The second-order valence-electron chi connectivity index (χ2n) is 7.64. The summed E-state index contributed by atoms with van der Waals surface area (Å²) in [5, 5.41) is 2.52. The van der Waals surface area contributed by atoms with Gasteiger partial charge in [0.1, 0.15) is 12.2 Å². The van der Waals surface area contributed by atoms with Gasteiger partial charge in [-0.2, -0.15) is 4.98 Å². The zero-order valence-corrected chi connectivity index (χ0v) is 18.8. The molecule has 2 aliphatic heterocycles. The molecule has 5 atom stereocenters. The molecular formula is C18H24N5O9P. The van der Waals surface area contributed by atoms with Gasteiger partial charge >= 0.3 is 13.8 Å². The van der Waals surface area contributed by atoms with Crippen LogP contribution >= 0.6 is 7.82 Å². The molecule has 2 fully saturated rings. The maximum absolute atomic E-state index is 12.5. The van der Waals surface area contributed by atoms with Crippen molar-refractivity contribution in [2.75, 3.05) is 11.9 Å². The maximum atomic E-state index is 12.5. The number of nitrogens with one attached hydrogen (secondary N) is 2. The third-order valence-electron chi connectivity index (χ3n) is 5.11. The molecule has 0 aliphatic carbocycles. The third kappa shape index (κ3) is 4.84. The highest BCUT2D eigenvalue weighted by atomic mass is 31.2. The number of aromatic nitrogens is 4. The minimum Gasteiger partial charge on any atom is -0.455 e. The van der Waals surface area contributed by atoms with E-state index in [4.69, 9.17) is 18.5 Å². The monoisotopic (exact) mass is 485 g/mol. The molecule has 2 saturated heterocycles. The number of phosphoric acid groups is 1. The second-order valence-corrected chi connectivity index (χ2v) is 9.05. The van der Waals surface area contributed by atoms with E-state index in [1.54, 1.807) is 6.92 Å². The molecule has 180 valence electrons. The number of phosphoric ester groups is 1. The number of esters is 1. The van der Waals surface area contributed by atoms with Gasteiger partial charge in [0.05, 0.1) is 12.9 Å². The molecule has 2 aromatic heterocycles. The highest BCUT2D eigenvalue weighted by Crippen LogP contribution is 2.53. The Morgan fingerprint density at radius 1 is 1.36 bits per heavy atom. The van der Waals surface area contributed by atoms with Crippen molar-refractivity contribution in [3.8, 4) is 0 Å². The van der Waals surface area contributed by atoms with Crippen LogP contribution in [-0.4, -0.2) is 61.2 Å². The number of ether oxygens (including phenoxy) is 2. The highest BCUT2D eigenvalue weighted by molar-refractivity contribution is 7.47. The average molecular weight is 485 g/mol. The van der Waals surface area contributed by atoms with Crippen molar-refractivity contribution in [3.63, 3.8) is 0 Å². The summed E-state index contributed by atoms with van der Waals surface area (Å²) in [7, 11) is -4.36. The highest BCUT2D eigenvalue weighted by Gasteiger charge is 2.55. The standard InChI is InChI=1S/C18H24N5O9P/c1-3-5-10(24)20-18-21-15-12(16(26)22-18)19-8-23(15)17-14(31-11(25)6-4-2)13-9(30-17)7-29-33(27,28)32-13/h8-9,13-14,17H,3-7H2,1-2H3,(H,27,28)(H2,20,21,22,24,26)/t9?,13?,14-,17+/m0/s1. The van der Waals surface area contributed by atoms with Crippen molar-refractivity contribution in [2.45, 2.75) is 64.1 Å². The summed E-state index contributed by atoms with van der Waals surface area (Å²) >= 11 is 0. The lowest BCUT2D eigenvalue weighted by molar-refractivity contribution is -0.158. The molecule has 0 radical (unpaired) electrons. The number of imidazole rings is 1. The molecule has 4 rings (SSSR count). The van der Waals surface area contributed by atoms with Crippen LogP contribution in [0.2, 0.25) is 0 Å². The Morgan fingerprint density at radius 2 is 2.12 bits per heavy atom. The minimum absolute atomic E-state index is 0.0365. The van der Waals surface area contributed by atoms with Crippen LogP contribution in [0.3, 0.4) is 0 Å². The first kappa shape index (κ1) is 23.5. The minimum atomic E-state index is -4.36. The first-order valence-corrected chi connectivity index (χ1v) is 12.0. The SMILES string of the molecule is CCCC(=O)Nc1nc2c(ncn2[C@@H]2OC3COP(=O)(O)OC3[C@@H]2OC(=O)CCC)c(=O)[nH]1. The summed E-state index contributed by atoms with van der Waals surface area (Å²) in [6, 6.07) is 0. The molecule has 15 heteroatoms. The van der Waals surface area contributed by atoms with Crippen LogP contribution in [0.1, 0.15) is 45.8 Å². The lowest BCUT2D eigenvalue weighted by Gasteiger charge is -2.29. The lowest BCUT2D eigenvalue weighted by atomic mass is 10.1. The molecule has 1 amide bonds. The van der Waals surface area contributed by atoms with E-state index < -0.39 is 43.9 Å². The largest absolute Gasteiger partial charge is 0.472 e. The van der Waals surface area contributed by atoms with Gasteiger partial charge in [0.25, 0.3) is 5.56 Å². The van der Waals surface area contributed by atoms with Crippen molar-refractivity contribution >= 4 is 36.8 Å². The molecule has 3 unspecified atom stereocenters. The van der Waals surface area contributed by atoms with Crippen LogP contribution < -0.4 is 10.9 Å². The molecule has 0 spiro atoms. The number of nitrogens with zero attached hydrogens (tertiary/aromatic N) is 3. The first-order valence-electron chi connectivity index (χ1n) is 10.5. The van der Waals surface area contributed by atoms with Gasteiger partial charge < -0.3 is 14.4 Å². The molecule has 2 aliphatic rings. The van der Waals surface area contributed by atoms with E-state index in [0.29, 0.717) is 12.8 Å². The quantitative estimate of drug-likeness (QED) is 0.375. The number of hydrogen-bond acceptors (Lipinski definition) is 10. The number of amides is 1. The number of carbonyl (C=O) groups excluding carboxylic acids is 2. The van der Waals surface area contributed by atoms with Gasteiger partial charge in [0.2, 0.25) is 11.9 Å². The molecule has 0 aromatic carbocycles. The molecule has 0 bridgehead atoms. The number of rotatable bonds is 7. The molecule has 2 aromatic rings. The maximum Gasteiger partial charge on any atom is 0.472 e. The number of fused-ring (bicyclic) bond motifs is 2. The van der Waals surface area contributed by atoms with Gasteiger partial charge in [-0.05, 0) is 12.8 Å². The Balaban J connectivity index is 1.72. The molecule has 3 N–H and O–H groups in total. The van der Waals surface area contributed by atoms with E-state index in [-0.39, 0.29) is 42.5 Å².